The zero-order valence-corrected chi connectivity index (χ0v) is 31.1. The van der Waals surface area contributed by atoms with Crippen molar-refractivity contribution >= 4 is 27.6 Å². The number of allylic oxidation sites excluding steroid dienone is 4. The van der Waals surface area contributed by atoms with Crippen LogP contribution in [0.5, 0.6) is 0 Å². The van der Waals surface area contributed by atoms with Gasteiger partial charge >= 0.3 is 0 Å². The van der Waals surface area contributed by atoms with Gasteiger partial charge in [0.15, 0.2) is 0 Å². The minimum Gasteiger partial charge on any atom is -0.332 e. The Kier molecular flexibility index (Phi) is 9.23. The summed E-state index contributed by atoms with van der Waals surface area (Å²) in [7, 11) is -3.43. The van der Waals surface area contributed by atoms with Gasteiger partial charge in [-0.2, -0.15) is 0 Å². The molecule has 5 rings (SSSR count). The molecule has 0 amide bonds. The molecule has 3 aromatic rings. The van der Waals surface area contributed by atoms with E-state index in [1.807, 2.05) is 0 Å². The Labute approximate surface area is 270 Å². The van der Waals surface area contributed by atoms with E-state index in [2.05, 4.69) is 163 Å². The SMILES string of the molecule is CC(C)(C)N[Si](C)(C)C1C=C(CCc2ccc(CCC3=CC([Si](C)(C)NC(C)(C)C)c4ccccc43)cc2)c2ccccc21. The molecule has 0 bridgehead atoms. The summed E-state index contributed by atoms with van der Waals surface area (Å²) in [5, 5.41) is 0. The second-order valence-corrected chi connectivity index (χ2v) is 25.2. The molecular formula is C40H56N2Si2. The Hall–Kier alpha value is -2.51. The molecule has 2 N–H and O–H groups in total. The highest BCUT2D eigenvalue weighted by atomic mass is 28.3. The van der Waals surface area contributed by atoms with Crippen molar-refractivity contribution in [2.45, 2.75) is 116 Å². The molecule has 0 spiro atoms. The summed E-state index contributed by atoms with van der Waals surface area (Å²) in [6.45, 7) is 23.7. The third-order valence-electron chi connectivity index (χ3n) is 9.36. The number of nitrogens with one attached hydrogen (secondary N) is 2. The molecule has 2 aliphatic carbocycles. The number of hydrogen-bond donors (Lipinski definition) is 2. The number of hydrogen-bond acceptors (Lipinski definition) is 2. The molecule has 2 atom stereocenters. The van der Waals surface area contributed by atoms with Crippen LogP contribution in [-0.4, -0.2) is 27.5 Å². The van der Waals surface area contributed by atoms with Gasteiger partial charge in [0.05, 0.1) is 0 Å². The minimum absolute atomic E-state index is 0.129. The van der Waals surface area contributed by atoms with Crippen LogP contribution in [0.25, 0.3) is 11.1 Å². The smallest absolute Gasteiger partial charge is 0.131 e. The molecule has 2 aliphatic rings. The largest absolute Gasteiger partial charge is 0.332 e. The van der Waals surface area contributed by atoms with Crippen LogP contribution in [0.4, 0.5) is 0 Å². The van der Waals surface area contributed by atoms with Gasteiger partial charge < -0.3 is 9.96 Å². The molecular weight excluding hydrogens is 565 g/mol. The lowest BCUT2D eigenvalue weighted by atomic mass is 9.97. The van der Waals surface area contributed by atoms with Gasteiger partial charge in [0.2, 0.25) is 0 Å². The zero-order chi connectivity index (χ0) is 31.9. The van der Waals surface area contributed by atoms with Gasteiger partial charge in [-0.25, -0.2) is 0 Å². The van der Waals surface area contributed by atoms with Gasteiger partial charge in [0.25, 0.3) is 0 Å². The fourth-order valence-electron chi connectivity index (χ4n) is 8.03. The summed E-state index contributed by atoms with van der Waals surface area (Å²) in [6, 6.07) is 27.8. The second kappa shape index (κ2) is 12.4. The van der Waals surface area contributed by atoms with Crippen molar-refractivity contribution in [3.05, 3.63) is 118 Å². The summed E-state index contributed by atoms with van der Waals surface area (Å²) in [5.41, 5.74) is 13.2. The van der Waals surface area contributed by atoms with Crippen LogP contribution in [-0.2, 0) is 12.8 Å². The van der Waals surface area contributed by atoms with E-state index < -0.39 is 16.5 Å². The first-order chi connectivity index (χ1) is 20.5. The van der Waals surface area contributed by atoms with E-state index in [1.54, 1.807) is 0 Å². The molecule has 234 valence electrons. The van der Waals surface area contributed by atoms with Crippen LogP contribution in [0, 0.1) is 0 Å². The van der Waals surface area contributed by atoms with Crippen molar-refractivity contribution in [3.63, 3.8) is 0 Å². The predicted molar refractivity (Wildman–Crippen MR) is 198 cm³/mol. The minimum atomic E-state index is -1.72. The van der Waals surface area contributed by atoms with Gasteiger partial charge in [-0.05, 0) is 112 Å². The van der Waals surface area contributed by atoms with Crippen molar-refractivity contribution in [2.24, 2.45) is 0 Å². The van der Waals surface area contributed by atoms with Crippen molar-refractivity contribution in [2.75, 3.05) is 0 Å². The van der Waals surface area contributed by atoms with E-state index in [4.69, 9.17) is 0 Å². The van der Waals surface area contributed by atoms with Gasteiger partial charge in [0.1, 0.15) is 16.5 Å². The Morgan fingerprint density at radius 3 is 1.18 bits per heavy atom. The standard InChI is InChI=1S/C40H56N2Si2/c1-39(2,3)41-43(7,8)37-27-31(33-15-11-13-17-35(33)37)25-23-29-19-21-30(22-20-29)24-26-32-28-38(36-18-14-12-16-34(32)36)44(9,10)42-40(4,5)6/h11-22,27-28,37-38,41-42H,23-26H2,1-10H3. The highest BCUT2D eigenvalue weighted by Crippen LogP contribution is 2.44. The van der Waals surface area contributed by atoms with E-state index in [0.717, 1.165) is 25.7 Å². The Bertz CT molecular complexity index is 1410. The van der Waals surface area contributed by atoms with Gasteiger partial charge in [0, 0.05) is 22.2 Å². The number of aryl methyl sites for hydroxylation is 2. The molecule has 4 heteroatoms. The summed E-state index contributed by atoms with van der Waals surface area (Å²) in [4.78, 5) is 8.05. The summed E-state index contributed by atoms with van der Waals surface area (Å²) in [5.74, 6) is 0. The molecule has 0 radical (unpaired) electrons. The van der Waals surface area contributed by atoms with Gasteiger partial charge in [-0.15, -0.1) is 0 Å². The molecule has 0 saturated heterocycles. The van der Waals surface area contributed by atoms with E-state index >= 15 is 0 Å². The third-order valence-corrected chi connectivity index (χ3v) is 16.2. The predicted octanol–water partition coefficient (Wildman–Crippen LogP) is 10.2. The normalized spacial score (nSPS) is 18.6. The van der Waals surface area contributed by atoms with Crippen molar-refractivity contribution in [1.29, 1.82) is 0 Å². The van der Waals surface area contributed by atoms with Gasteiger partial charge in [-0.1, -0.05) is 111 Å². The topological polar surface area (TPSA) is 24.1 Å². The lowest BCUT2D eigenvalue weighted by molar-refractivity contribution is 0.508. The van der Waals surface area contributed by atoms with E-state index in [9.17, 15) is 0 Å². The van der Waals surface area contributed by atoms with Crippen molar-refractivity contribution in [1.82, 2.24) is 9.96 Å². The fourth-order valence-corrected chi connectivity index (χ4v) is 15.5. The maximum Gasteiger partial charge on any atom is 0.131 e. The van der Waals surface area contributed by atoms with Crippen molar-refractivity contribution < 1.29 is 0 Å². The fraction of sp³-hybridized carbons (Fsp3) is 0.450. The molecule has 0 heterocycles. The second-order valence-electron chi connectivity index (χ2n) is 16.5. The number of rotatable bonds is 10. The first-order valence-corrected chi connectivity index (χ1v) is 22.9. The van der Waals surface area contributed by atoms with Crippen LogP contribution < -0.4 is 9.96 Å². The lowest BCUT2D eigenvalue weighted by Crippen LogP contribution is -2.57. The quantitative estimate of drug-likeness (QED) is 0.220. The molecule has 2 nitrogen and oxygen atoms in total. The Balaban J connectivity index is 1.24. The Morgan fingerprint density at radius 2 is 0.841 bits per heavy atom. The highest BCUT2D eigenvalue weighted by molar-refractivity contribution is 6.77. The molecule has 3 aromatic carbocycles. The van der Waals surface area contributed by atoms with E-state index in [1.165, 1.54) is 44.5 Å². The molecule has 0 aliphatic heterocycles. The molecule has 0 saturated carbocycles. The third kappa shape index (κ3) is 7.64. The monoisotopic (exact) mass is 620 g/mol. The van der Waals surface area contributed by atoms with Crippen LogP contribution in [0.15, 0.2) is 84.9 Å². The molecule has 2 unspecified atom stereocenters. The summed E-state index contributed by atoms with van der Waals surface area (Å²) in [6.07, 6.45) is 9.57. The van der Waals surface area contributed by atoms with Crippen LogP contribution in [0.3, 0.4) is 0 Å². The summed E-state index contributed by atoms with van der Waals surface area (Å²) < 4.78 is 0. The molecule has 44 heavy (non-hydrogen) atoms. The zero-order valence-electron chi connectivity index (χ0n) is 29.1. The number of fused-ring (bicyclic) bond motifs is 2. The van der Waals surface area contributed by atoms with Crippen LogP contribution >= 0.6 is 0 Å². The highest BCUT2D eigenvalue weighted by Gasteiger charge is 2.40. The first kappa shape index (κ1) is 32.9. The lowest BCUT2D eigenvalue weighted by Gasteiger charge is -2.37. The maximum atomic E-state index is 4.02. The first-order valence-electron chi connectivity index (χ1n) is 16.8. The Morgan fingerprint density at radius 1 is 0.500 bits per heavy atom. The van der Waals surface area contributed by atoms with E-state index in [-0.39, 0.29) is 11.1 Å². The molecule has 0 aromatic heterocycles. The maximum absolute atomic E-state index is 4.02. The van der Waals surface area contributed by atoms with Crippen LogP contribution in [0.1, 0.15) is 98.8 Å². The van der Waals surface area contributed by atoms with E-state index in [0.29, 0.717) is 11.1 Å². The summed E-state index contributed by atoms with van der Waals surface area (Å²) >= 11 is 0. The van der Waals surface area contributed by atoms with Crippen molar-refractivity contribution in [3.8, 4) is 0 Å². The van der Waals surface area contributed by atoms with Crippen LogP contribution in [0.2, 0.25) is 26.2 Å². The number of benzene rings is 3. The average Bonchev–Trinajstić information content (AvgIpc) is 3.49. The average molecular weight is 621 g/mol. The van der Waals surface area contributed by atoms with Gasteiger partial charge in [-0.3, -0.25) is 0 Å². The molecule has 0 fully saturated rings.